The lowest BCUT2D eigenvalue weighted by Crippen LogP contribution is -2.65. The van der Waals surface area contributed by atoms with Crippen molar-refractivity contribution in [1.29, 1.82) is 0 Å². The molecule has 2 fully saturated rings. The van der Waals surface area contributed by atoms with E-state index < -0.39 is 11.3 Å². The second-order valence-corrected chi connectivity index (χ2v) is 8.97. The number of hydrogen-bond donors (Lipinski definition) is 1. The van der Waals surface area contributed by atoms with Crippen LogP contribution in [0.25, 0.3) is 0 Å². The smallest absolute Gasteiger partial charge is 0.276 e. The van der Waals surface area contributed by atoms with E-state index in [2.05, 4.69) is 10.2 Å². The maximum atomic E-state index is 13.6. The molecule has 0 radical (unpaired) electrons. The molecule has 32 heavy (non-hydrogen) atoms. The fourth-order valence-electron chi connectivity index (χ4n) is 5.56. The van der Waals surface area contributed by atoms with Crippen LogP contribution in [0.3, 0.4) is 0 Å². The zero-order valence-electron chi connectivity index (χ0n) is 18.4. The van der Waals surface area contributed by atoms with Crippen LogP contribution in [0.5, 0.6) is 5.75 Å². The van der Waals surface area contributed by atoms with Gasteiger partial charge >= 0.3 is 0 Å². The normalized spacial score (nSPS) is 24.5. The number of rotatable bonds is 4. The monoisotopic (exact) mass is 436 g/mol. The molecule has 0 unspecified atom stereocenters. The maximum absolute atomic E-state index is 13.6. The Morgan fingerprint density at radius 3 is 2.69 bits per heavy atom. The Morgan fingerprint density at radius 2 is 1.94 bits per heavy atom. The molecule has 3 aliphatic rings. The number of methoxy groups -OCH3 is 1. The molecule has 2 amide bonds. The van der Waals surface area contributed by atoms with E-state index in [4.69, 9.17) is 4.74 Å². The number of benzene rings is 1. The summed E-state index contributed by atoms with van der Waals surface area (Å²) < 4.78 is 7.14. The minimum Gasteiger partial charge on any atom is -0.491 e. The first-order chi connectivity index (χ1) is 15.5. The molecular weight excluding hydrogens is 408 g/mol. The van der Waals surface area contributed by atoms with Gasteiger partial charge < -0.3 is 19.5 Å². The van der Waals surface area contributed by atoms with Gasteiger partial charge in [0.05, 0.1) is 13.7 Å². The Bertz CT molecular complexity index is 1110. The summed E-state index contributed by atoms with van der Waals surface area (Å²) in [5.74, 6) is -0.249. The number of likely N-dealkylation sites (N-methyl/N-ethyl adjacent to an activating group) is 1. The molecule has 1 saturated carbocycles. The van der Waals surface area contributed by atoms with Gasteiger partial charge in [-0.15, -0.1) is 0 Å². The molecule has 1 aliphatic carbocycles. The number of ether oxygens (including phenoxy) is 1. The number of pyridine rings is 1. The average Bonchev–Trinajstić information content (AvgIpc) is 3.26. The number of carbonyl (C=O) groups excluding carboxylic acids is 2. The number of nitrogens with zero attached hydrogens (tertiary/aromatic N) is 3. The Morgan fingerprint density at radius 1 is 1.16 bits per heavy atom. The number of carbonyl (C=O) groups is 2. The van der Waals surface area contributed by atoms with Crippen LogP contribution in [0.15, 0.2) is 41.3 Å². The van der Waals surface area contributed by atoms with Crippen molar-refractivity contribution in [2.75, 3.05) is 20.7 Å². The molecule has 2 aliphatic heterocycles. The Balaban J connectivity index is 1.50. The standard InChI is InChI=1S/C24H28N4O4/c1-26-12-16-9-6-10-18(16)28-19(26)14-27-13-17(21(29)22(32-2)20(27)24(28)31)23(30)25-11-15-7-4-3-5-8-15/h3-5,7-8,13,16,18-19H,6,9-12,14H2,1-2H3,(H,25,30)/t16-,18-,19-/m0/s1. The van der Waals surface area contributed by atoms with Crippen molar-refractivity contribution < 1.29 is 14.3 Å². The van der Waals surface area contributed by atoms with Gasteiger partial charge in [-0.25, -0.2) is 0 Å². The van der Waals surface area contributed by atoms with Crippen LogP contribution in [0.2, 0.25) is 0 Å². The molecule has 5 rings (SSSR count). The highest BCUT2D eigenvalue weighted by atomic mass is 16.5. The first-order valence-electron chi connectivity index (χ1n) is 11.2. The Hall–Kier alpha value is -3.13. The minimum atomic E-state index is -0.551. The van der Waals surface area contributed by atoms with Crippen molar-refractivity contribution in [2.24, 2.45) is 5.92 Å². The summed E-state index contributed by atoms with van der Waals surface area (Å²) in [6.45, 7) is 1.76. The lowest BCUT2D eigenvalue weighted by Gasteiger charge is -2.51. The van der Waals surface area contributed by atoms with Crippen molar-refractivity contribution >= 4 is 11.8 Å². The van der Waals surface area contributed by atoms with E-state index in [9.17, 15) is 14.4 Å². The lowest BCUT2D eigenvalue weighted by molar-refractivity contribution is -0.0424. The highest BCUT2D eigenvalue weighted by molar-refractivity contribution is 5.99. The molecule has 1 N–H and O–H groups in total. The van der Waals surface area contributed by atoms with Crippen LogP contribution < -0.4 is 15.5 Å². The molecule has 168 valence electrons. The second kappa shape index (κ2) is 8.09. The van der Waals surface area contributed by atoms with Crippen molar-refractivity contribution in [1.82, 2.24) is 19.7 Å². The van der Waals surface area contributed by atoms with Crippen molar-refractivity contribution in [2.45, 2.75) is 44.6 Å². The molecule has 2 aromatic rings. The Kier molecular flexibility index (Phi) is 5.25. The summed E-state index contributed by atoms with van der Waals surface area (Å²) in [6, 6.07) is 9.70. The molecule has 0 bridgehead atoms. The van der Waals surface area contributed by atoms with Crippen LogP contribution in [0.4, 0.5) is 0 Å². The molecule has 1 aromatic heterocycles. The molecule has 1 aromatic carbocycles. The molecule has 1 saturated heterocycles. The van der Waals surface area contributed by atoms with E-state index in [-0.39, 0.29) is 35.1 Å². The third-order valence-corrected chi connectivity index (χ3v) is 7.11. The summed E-state index contributed by atoms with van der Waals surface area (Å²) in [4.78, 5) is 43.8. The Labute approximate surface area is 186 Å². The van der Waals surface area contributed by atoms with Crippen LogP contribution in [-0.4, -0.2) is 59.1 Å². The van der Waals surface area contributed by atoms with Gasteiger partial charge in [-0.05, 0) is 31.4 Å². The maximum Gasteiger partial charge on any atom is 0.276 e. The van der Waals surface area contributed by atoms with Gasteiger partial charge in [0.2, 0.25) is 5.43 Å². The van der Waals surface area contributed by atoms with E-state index in [1.807, 2.05) is 42.3 Å². The lowest BCUT2D eigenvalue weighted by atomic mass is 9.94. The van der Waals surface area contributed by atoms with Crippen LogP contribution in [-0.2, 0) is 13.1 Å². The second-order valence-electron chi connectivity index (χ2n) is 8.97. The fourth-order valence-corrected chi connectivity index (χ4v) is 5.56. The van der Waals surface area contributed by atoms with E-state index in [1.165, 1.54) is 13.3 Å². The number of aromatic nitrogens is 1. The van der Waals surface area contributed by atoms with Gasteiger partial charge in [0.15, 0.2) is 11.4 Å². The predicted octanol–water partition coefficient (Wildman–Crippen LogP) is 1.68. The van der Waals surface area contributed by atoms with E-state index in [0.717, 1.165) is 31.4 Å². The zero-order chi connectivity index (χ0) is 22.4. The van der Waals surface area contributed by atoms with Gasteiger partial charge in [0.25, 0.3) is 11.8 Å². The third kappa shape index (κ3) is 3.30. The third-order valence-electron chi connectivity index (χ3n) is 7.11. The van der Waals surface area contributed by atoms with Crippen LogP contribution >= 0.6 is 0 Å². The zero-order valence-corrected chi connectivity index (χ0v) is 18.4. The highest BCUT2D eigenvalue weighted by Crippen LogP contribution is 2.39. The first kappa shape index (κ1) is 20.8. The van der Waals surface area contributed by atoms with Crippen LogP contribution in [0.1, 0.15) is 45.7 Å². The molecule has 3 heterocycles. The van der Waals surface area contributed by atoms with Crippen molar-refractivity contribution in [3.63, 3.8) is 0 Å². The van der Waals surface area contributed by atoms with Gasteiger partial charge in [0, 0.05) is 25.3 Å². The molecule has 8 nitrogen and oxygen atoms in total. The van der Waals surface area contributed by atoms with E-state index in [0.29, 0.717) is 19.0 Å². The highest BCUT2D eigenvalue weighted by Gasteiger charge is 2.48. The average molecular weight is 437 g/mol. The fraction of sp³-hybridized carbons (Fsp3) is 0.458. The first-order valence-corrected chi connectivity index (χ1v) is 11.2. The van der Waals surface area contributed by atoms with E-state index in [1.54, 1.807) is 4.57 Å². The SMILES string of the molecule is COc1c2n(cc(C(=O)NCc3ccccc3)c1=O)C[C@H]1N(C)C[C@@H]3CCC[C@@H]3N1C2=O. The molecule has 0 spiro atoms. The topological polar surface area (TPSA) is 83.9 Å². The number of nitrogens with one attached hydrogen (secondary N) is 1. The summed E-state index contributed by atoms with van der Waals surface area (Å²) in [5.41, 5.74) is 0.616. The minimum absolute atomic E-state index is 0.0139. The van der Waals surface area contributed by atoms with Gasteiger partial charge in [0.1, 0.15) is 11.7 Å². The largest absolute Gasteiger partial charge is 0.491 e. The predicted molar refractivity (Wildman–Crippen MR) is 119 cm³/mol. The molecule has 3 atom stereocenters. The summed E-state index contributed by atoms with van der Waals surface area (Å²) >= 11 is 0. The summed E-state index contributed by atoms with van der Waals surface area (Å²) in [7, 11) is 3.42. The number of amides is 2. The van der Waals surface area contributed by atoms with Gasteiger partial charge in [-0.1, -0.05) is 36.8 Å². The van der Waals surface area contributed by atoms with E-state index >= 15 is 0 Å². The van der Waals surface area contributed by atoms with Gasteiger partial charge in [-0.2, -0.15) is 0 Å². The van der Waals surface area contributed by atoms with Crippen molar-refractivity contribution in [3.8, 4) is 5.75 Å². The number of fused-ring (bicyclic) bond motifs is 4. The quantitative estimate of drug-likeness (QED) is 0.789. The van der Waals surface area contributed by atoms with Crippen LogP contribution in [0, 0.1) is 5.92 Å². The summed E-state index contributed by atoms with van der Waals surface area (Å²) in [6.07, 6.45) is 4.65. The summed E-state index contributed by atoms with van der Waals surface area (Å²) in [5, 5.41) is 2.81. The van der Waals surface area contributed by atoms with Crippen molar-refractivity contribution in [3.05, 3.63) is 63.6 Å². The molecular formula is C24H28N4O4. The molecule has 8 heteroatoms. The number of hydrogen-bond acceptors (Lipinski definition) is 5. The van der Waals surface area contributed by atoms with Gasteiger partial charge in [-0.3, -0.25) is 19.3 Å².